The molecule has 96 valence electrons. The Labute approximate surface area is 114 Å². The molecule has 0 aliphatic rings. The molecule has 0 aliphatic carbocycles. The van der Waals surface area contributed by atoms with Gasteiger partial charge in [-0.1, -0.05) is 11.6 Å². The molecule has 0 spiro atoms. The molecule has 3 nitrogen and oxygen atoms in total. The molecule has 1 aromatic heterocycles. The predicted octanol–water partition coefficient (Wildman–Crippen LogP) is 3.71. The van der Waals surface area contributed by atoms with Crippen LogP contribution in [0.4, 0.5) is 10.3 Å². The average molecular weight is 276 g/mol. The van der Waals surface area contributed by atoms with Gasteiger partial charge in [-0.05, 0) is 48.9 Å². The molecule has 0 saturated heterocycles. The second kappa shape index (κ2) is 4.24. The first-order chi connectivity index (χ1) is 9.04. The number of benzene rings is 2. The lowest BCUT2D eigenvalue weighted by Gasteiger charge is -2.08. The first-order valence-electron chi connectivity index (χ1n) is 5.75. The molecule has 0 fully saturated rings. The third kappa shape index (κ3) is 2.04. The van der Waals surface area contributed by atoms with Gasteiger partial charge in [0.15, 0.2) is 0 Å². The number of nitrogens with two attached hydrogens (primary N) is 1. The van der Waals surface area contributed by atoms with Crippen molar-refractivity contribution in [1.82, 2.24) is 9.55 Å². The van der Waals surface area contributed by atoms with Gasteiger partial charge < -0.3 is 5.73 Å². The third-order valence-corrected chi connectivity index (χ3v) is 3.16. The Morgan fingerprint density at radius 1 is 1.21 bits per heavy atom. The second-order valence-corrected chi connectivity index (χ2v) is 4.86. The molecule has 0 radical (unpaired) electrons. The van der Waals surface area contributed by atoms with Crippen LogP contribution in [0.1, 0.15) is 5.56 Å². The monoisotopic (exact) mass is 275 g/mol. The molecule has 2 aromatic carbocycles. The van der Waals surface area contributed by atoms with Crippen molar-refractivity contribution in [2.75, 3.05) is 5.73 Å². The van der Waals surface area contributed by atoms with Crippen LogP contribution in [0.25, 0.3) is 16.7 Å². The normalized spacial score (nSPS) is 11.1. The van der Waals surface area contributed by atoms with Crippen molar-refractivity contribution in [2.45, 2.75) is 6.92 Å². The smallest absolute Gasteiger partial charge is 0.205 e. The highest BCUT2D eigenvalue weighted by molar-refractivity contribution is 6.31. The number of aromatic nitrogens is 2. The Balaban J connectivity index is 2.35. The number of halogens is 2. The standard InChI is InChI=1S/C14H11ClFN3/c1-8-4-10(16)7-11(5-8)19-13-6-9(15)2-3-12(13)18-14(19)17/h2-7H,1H3,(H2,17,18). The van der Waals surface area contributed by atoms with E-state index in [0.717, 1.165) is 16.6 Å². The highest BCUT2D eigenvalue weighted by Crippen LogP contribution is 2.26. The molecule has 2 N–H and O–H groups in total. The van der Waals surface area contributed by atoms with Crippen LogP contribution in [-0.2, 0) is 0 Å². The van der Waals surface area contributed by atoms with Crippen molar-refractivity contribution < 1.29 is 4.39 Å². The van der Waals surface area contributed by atoms with Crippen LogP contribution in [-0.4, -0.2) is 9.55 Å². The van der Waals surface area contributed by atoms with Crippen molar-refractivity contribution in [3.05, 3.63) is 52.8 Å². The Kier molecular flexibility index (Phi) is 2.68. The van der Waals surface area contributed by atoms with Crippen molar-refractivity contribution >= 4 is 28.6 Å². The zero-order valence-electron chi connectivity index (χ0n) is 10.2. The molecule has 0 amide bonds. The maximum atomic E-state index is 13.5. The van der Waals surface area contributed by atoms with E-state index in [9.17, 15) is 4.39 Å². The van der Waals surface area contributed by atoms with E-state index in [0.29, 0.717) is 16.7 Å². The van der Waals surface area contributed by atoms with Gasteiger partial charge in [-0.15, -0.1) is 0 Å². The number of aryl methyl sites for hydroxylation is 1. The average Bonchev–Trinajstić information content (AvgIpc) is 2.63. The maximum Gasteiger partial charge on any atom is 0.205 e. The highest BCUT2D eigenvalue weighted by Gasteiger charge is 2.11. The van der Waals surface area contributed by atoms with Gasteiger partial charge in [0, 0.05) is 5.02 Å². The number of hydrogen-bond donors (Lipinski definition) is 1. The fourth-order valence-electron chi connectivity index (χ4n) is 2.18. The van der Waals surface area contributed by atoms with E-state index in [4.69, 9.17) is 17.3 Å². The van der Waals surface area contributed by atoms with Gasteiger partial charge >= 0.3 is 0 Å². The lowest BCUT2D eigenvalue weighted by molar-refractivity contribution is 0.625. The minimum absolute atomic E-state index is 0.307. The Hall–Kier alpha value is -2.07. The van der Waals surface area contributed by atoms with Gasteiger partial charge in [-0.25, -0.2) is 9.37 Å². The zero-order chi connectivity index (χ0) is 13.6. The number of hydrogen-bond acceptors (Lipinski definition) is 2. The summed E-state index contributed by atoms with van der Waals surface area (Å²) in [6.45, 7) is 1.83. The van der Waals surface area contributed by atoms with E-state index in [1.54, 1.807) is 22.8 Å². The molecule has 3 rings (SSSR count). The van der Waals surface area contributed by atoms with Gasteiger partial charge in [-0.3, -0.25) is 4.57 Å². The van der Waals surface area contributed by atoms with Crippen LogP contribution < -0.4 is 5.73 Å². The van der Waals surface area contributed by atoms with Crippen LogP contribution in [0.2, 0.25) is 5.02 Å². The van der Waals surface area contributed by atoms with E-state index < -0.39 is 0 Å². The van der Waals surface area contributed by atoms with Crippen molar-refractivity contribution in [2.24, 2.45) is 0 Å². The summed E-state index contributed by atoms with van der Waals surface area (Å²) in [6.07, 6.45) is 0. The summed E-state index contributed by atoms with van der Waals surface area (Å²) >= 11 is 5.99. The number of rotatable bonds is 1. The number of fused-ring (bicyclic) bond motifs is 1. The lowest BCUT2D eigenvalue weighted by Crippen LogP contribution is -2.01. The number of nitrogens with zero attached hydrogens (tertiary/aromatic N) is 2. The van der Waals surface area contributed by atoms with E-state index in [1.807, 2.05) is 13.0 Å². The molecule has 0 aliphatic heterocycles. The van der Waals surface area contributed by atoms with E-state index in [1.165, 1.54) is 12.1 Å². The molecule has 0 bridgehead atoms. The number of imidazole rings is 1. The summed E-state index contributed by atoms with van der Waals surface area (Å²) in [5.41, 5.74) is 8.86. The van der Waals surface area contributed by atoms with E-state index in [-0.39, 0.29) is 5.82 Å². The van der Waals surface area contributed by atoms with Gasteiger partial charge in [0.25, 0.3) is 0 Å². The Morgan fingerprint density at radius 2 is 2.00 bits per heavy atom. The van der Waals surface area contributed by atoms with Crippen molar-refractivity contribution in [1.29, 1.82) is 0 Å². The van der Waals surface area contributed by atoms with Crippen LogP contribution in [0.3, 0.4) is 0 Å². The topological polar surface area (TPSA) is 43.8 Å². The molecule has 19 heavy (non-hydrogen) atoms. The molecule has 0 unspecified atom stereocenters. The lowest BCUT2D eigenvalue weighted by atomic mass is 10.2. The molecule has 5 heteroatoms. The maximum absolute atomic E-state index is 13.5. The summed E-state index contributed by atoms with van der Waals surface area (Å²) in [6, 6.07) is 10.0. The SMILES string of the molecule is Cc1cc(F)cc(-n2c(N)nc3ccc(Cl)cc32)c1. The fourth-order valence-corrected chi connectivity index (χ4v) is 2.35. The first kappa shape index (κ1) is 12.0. The van der Waals surface area contributed by atoms with Gasteiger partial charge in [-0.2, -0.15) is 0 Å². The predicted molar refractivity (Wildman–Crippen MR) is 75.2 cm³/mol. The van der Waals surface area contributed by atoms with E-state index >= 15 is 0 Å². The number of anilines is 1. The Morgan fingerprint density at radius 3 is 2.74 bits per heavy atom. The van der Waals surface area contributed by atoms with Gasteiger partial charge in [0.2, 0.25) is 5.95 Å². The molecular weight excluding hydrogens is 265 g/mol. The van der Waals surface area contributed by atoms with Crippen molar-refractivity contribution in [3.63, 3.8) is 0 Å². The molecule has 0 saturated carbocycles. The minimum Gasteiger partial charge on any atom is -0.369 e. The van der Waals surface area contributed by atoms with Gasteiger partial charge in [0.1, 0.15) is 5.82 Å². The summed E-state index contributed by atoms with van der Waals surface area (Å²) < 4.78 is 15.2. The molecule has 3 aromatic rings. The quantitative estimate of drug-likeness (QED) is 0.736. The van der Waals surface area contributed by atoms with Crippen LogP contribution >= 0.6 is 11.6 Å². The summed E-state index contributed by atoms with van der Waals surface area (Å²) in [7, 11) is 0. The van der Waals surface area contributed by atoms with E-state index in [2.05, 4.69) is 4.98 Å². The zero-order valence-corrected chi connectivity index (χ0v) is 10.9. The van der Waals surface area contributed by atoms with Crippen LogP contribution in [0.5, 0.6) is 0 Å². The van der Waals surface area contributed by atoms with Crippen LogP contribution in [0.15, 0.2) is 36.4 Å². The number of nitrogen functional groups attached to an aromatic ring is 1. The molecule has 0 atom stereocenters. The highest BCUT2D eigenvalue weighted by atomic mass is 35.5. The second-order valence-electron chi connectivity index (χ2n) is 4.43. The summed E-state index contributed by atoms with van der Waals surface area (Å²) in [5.74, 6) is 0.000504. The minimum atomic E-state index is -0.307. The summed E-state index contributed by atoms with van der Waals surface area (Å²) in [5, 5.41) is 0.585. The largest absolute Gasteiger partial charge is 0.369 e. The first-order valence-corrected chi connectivity index (χ1v) is 6.13. The molecule has 1 heterocycles. The third-order valence-electron chi connectivity index (χ3n) is 2.93. The Bertz CT molecular complexity index is 759. The van der Waals surface area contributed by atoms with Crippen LogP contribution in [0, 0.1) is 12.7 Å². The fraction of sp³-hybridized carbons (Fsp3) is 0.0714. The van der Waals surface area contributed by atoms with Gasteiger partial charge in [0.05, 0.1) is 16.7 Å². The summed E-state index contributed by atoms with van der Waals surface area (Å²) in [4.78, 5) is 4.25. The van der Waals surface area contributed by atoms with Crippen molar-refractivity contribution in [3.8, 4) is 5.69 Å². The molecular formula is C14H11ClFN3.